The molecule has 1 N–H and O–H groups in total. The Balaban J connectivity index is 1.81. The molecule has 0 aliphatic heterocycles. The van der Waals surface area contributed by atoms with Crippen LogP contribution in [0.25, 0.3) is 21.8 Å². The number of aromatic nitrogens is 1. The van der Waals surface area contributed by atoms with Gasteiger partial charge in [-0.3, -0.25) is 14.7 Å². The summed E-state index contributed by atoms with van der Waals surface area (Å²) in [6.45, 7) is 4.63. The van der Waals surface area contributed by atoms with E-state index in [1.807, 2.05) is 34.9 Å². The van der Waals surface area contributed by atoms with Crippen LogP contribution in [-0.4, -0.2) is 46.9 Å². The molecule has 0 saturated carbocycles. The van der Waals surface area contributed by atoms with E-state index in [1.165, 1.54) is 6.07 Å². The summed E-state index contributed by atoms with van der Waals surface area (Å²) in [4.78, 5) is 11.1. The molecule has 0 spiro atoms. The molecular weight excluding hydrogens is 509 g/mol. The minimum absolute atomic E-state index is 0.0278. The Morgan fingerprint density at radius 3 is 2.32 bits per heavy atom. The van der Waals surface area contributed by atoms with E-state index in [-0.39, 0.29) is 11.8 Å². The normalized spacial score (nSPS) is 12.3. The molecule has 0 fully saturated rings. The van der Waals surface area contributed by atoms with Crippen LogP contribution in [0, 0.1) is 10.1 Å². The fourth-order valence-corrected chi connectivity index (χ4v) is 6.33. The Morgan fingerprint density at radius 1 is 1.03 bits per heavy atom. The van der Waals surface area contributed by atoms with Crippen LogP contribution in [0.2, 0.25) is 0 Å². The van der Waals surface area contributed by atoms with Crippen molar-refractivity contribution in [3.05, 3.63) is 81.9 Å². The summed E-state index contributed by atoms with van der Waals surface area (Å²) in [5.74, 6) is 0.548. The molecule has 1 heterocycles. The predicted octanol–water partition coefficient (Wildman–Crippen LogP) is 6.59. The van der Waals surface area contributed by atoms with Crippen LogP contribution >= 0.6 is 7.60 Å². The molecule has 0 bridgehead atoms. The summed E-state index contributed by atoms with van der Waals surface area (Å²) in [5, 5.41) is 26.5. The molecule has 0 saturated heterocycles. The first kappa shape index (κ1) is 27.3. The molecule has 4 rings (SSSR count). The zero-order valence-corrected chi connectivity index (χ0v) is 22.4. The van der Waals surface area contributed by atoms with Crippen molar-refractivity contribution in [2.24, 2.45) is 5.16 Å². The molecule has 4 aromatic rings. The van der Waals surface area contributed by atoms with Crippen LogP contribution in [-0.2, 0) is 20.2 Å². The molecule has 38 heavy (non-hydrogen) atoms. The third-order valence-electron chi connectivity index (χ3n) is 6.26. The standard InChI is InChI=1S/C27H30N3O7P/c1-4-36-38(34,37-5-2)16-8-15-29-24-13-11-19(27(28-31)21-9-6-7-10-26(21)35-3)17-22(24)23-18-20(30(32)33)12-14-25(23)29/h6-7,9-14,17-18,31H,4-5,8,15-16H2,1-3H3/b28-27-. The number of hydrogen-bond donors (Lipinski definition) is 1. The highest BCUT2D eigenvalue weighted by Gasteiger charge is 2.24. The maximum atomic E-state index is 13.0. The van der Waals surface area contributed by atoms with Crippen molar-refractivity contribution in [1.29, 1.82) is 0 Å². The molecule has 0 atom stereocenters. The van der Waals surface area contributed by atoms with Crippen molar-refractivity contribution in [1.82, 2.24) is 4.57 Å². The molecule has 11 heteroatoms. The van der Waals surface area contributed by atoms with E-state index in [1.54, 1.807) is 45.2 Å². The summed E-state index contributed by atoms with van der Waals surface area (Å²) in [5.41, 5.74) is 3.14. The van der Waals surface area contributed by atoms with Crippen molar-refractivity contribution in [2.45, 2.75) is 26.8 Å². The minimum atomic E-state index is -3.20. The van der Waals surface area contributed by atoms with Gasteiger partial charge >= 0.3 is 7.60 Å². The number of aryl methyl sites for hydroxylation is 1. The number of benzene rings is 3. The predicted molar refractivity (Wildman–Crippen MR) is 147 cm³/mol. The number of nitro groups is 1. The molecule has 1 aromatic heterocycles. The number of para-hydroxylation sites is 1. The van der Waals surface area contributed by atoms with Gasteiger partial charge in [-0.2, -0.15) is 0 Å². The number of oxime groups is 1. The SMILES string of the molecule is CCOP(=O)(CCCn1c2ccc(/C(=N/O)c3ccccc3OC)cc2c2cc([N+](=O)[O-])ccc21)OCC. The van der Waals surface area contributed by atoms with Crippen LogP contribution in [0.1, 0.15) is 31.4 Å². The second-order valence-electron chi connectivity index (χ2n) is 8.51. The summed E-state index contributed by atoms with van der Waals surface area (Å²) in [6.07, 6.45) is 0.759. The van der Waals surface area contributed by atoms with E-state index < -0.39 is 12.5 Å². The lowest BCUT2D eigenvalue weighted by molar-refractivity contribution is -0.384. The van der Waals surface area contributed by atoms with Crippen LogP contribution in [0.15, 0.2) is 65.8 Å². The first-order chi connectivity index (χ1) is 18.4. The average molecular weight is 540 g/mol. The van der Waals surface area contributed by atoms with Gasteiger partial charge in [-0.25, -0.2) is 0 Å². The highest BCUT2D eigenvalue weighted by Crippen LogP contribution is 2.48. The van der Waals surface area contributed by atoms with Gasteiger partial charge in [-0.15, -0.1) is 0 Å². The van der Waals surface area contributed by atoms with Crippen LogP contribution in [0.4, 0.5) is 5.69 Å². The van der Waals surface area contributed by atoms with Crippen molar-refractivity contribution in [3.8, 4) is 5.75 Å². The topological polar surface area (TPSA) is 125 Å². The number of hydrogen-bond acceptors (Lipinski definition) is 8. The lowest BCUT2D eigenvalue weighted by Gasteiger charge is -2.17. The number of nitrogens with zero attached hydrogens (tertiary/aromatic N) is 3. The van der Waals surface area contributed by atoms with E-state index in [4.69, 9.17) is 13.8 Å². The van der Waals surface area contributed by atoms with E-state index in [9.17, 15) is 19.9 Å². The van der Waals surface area contributed by atoms with Crippen LogP contribution in [0.5, 0.6) is 5.75 Å². The zero-order chi connectivity index (χ0) is 27.3. The maximum absolute atomic E-state index is 13.0. The largest absolute Gasteiger partial charge is 0.496 e. The van der Waals surface area contributed by atoms with Gasteiger partial charge in [0.1, 0.15) is 11.5 Å². The highest BCUT2D eigenvalue weighted by molar-refractivity contribution is 7.53. The first-order valence-electron chi connectivity index (χ1n) is 12.3. The molecular formula is C27H30N3O7P. The highest BCUT2D eigenvalue weighted by atomic mass is 31.2. The number of nitro benzene ring substituents is 1. The number of fused-ring (bicyclic) bond motifs is 3. The fourth-order valence-electron chi connectivity index (χ4n) is 4.68. The molecule has 0 amide bonds. The number of rotatable bonds is 12. The second-order valence-corrected chi connectivity index (χ2v) is 10.7. The average Bonchev–Trinajstić information content (AvgIpc) is 3.22. The molecule has 0 aliphatic rings. The van der Waals surface area contributed by atoms with E-state index >= 15 is 0 Å². The Labute approximate surface area is 220 Å². The van der Waals surface area contributed by atoms with Gasteiger partial charge in [-0.05, 0) is 50.6 Å². The Morgan fingerprint density at radius 2 is 1.68 bits per heavy atom. The summed E-state index contributed by atoms with van der Waals surface area (Å²) in [7, 11) is -1.66. The molecule has 0 unspecified atom stereocenters. The Hall–Kier alpha value is -3.72. The van der Waals surface area contributed by atoms with E-state index in [2.05, 4.69) is 5.16 Å². The van der Waals surface area contributed by atoms with Gasteiger partial charge in [-0.1, -0.05) is 23.4 Å². The summed E-state index contributed by atoms with van der Waals surface area (Å²) < 4.78 is 31.3. The van der Waals surface area contributed by atoms with Crippen molar-refractivity contribution in [3.63, 3.8) is 0 Å². The molecule has 3 aromatic carbocycles. The molecule has 200 valence electrons. The number of ether oxygens (including phenoxy) is 1. The van der Waals surface area contributed by atoms with Gasteiger partial charge in [0.2, 0.25) is 0 Å². The van der Waals surface area contributed by atoms with E-state index in [0.717, 1.165) is 16.4 Å². The smallest absolute Gasteiger partial charge is 0.330 e. The van der Waals surface area contributed by atoms with Crippen molar-refractivity contribution in [2.75, 3.05) is 26.5 Å². The fraction of sp³-hybridized carbons (Fsp3) is 0.296. The monoisotopic (exact) mass is 539 g/mol. The van der Waals surface area contributed by atoms with Gasteiger partial charge in [0.25, 0.3) is 5.69 Å². The maximum Gasteiger partial charge on any atom is 0.330 e. The first-order valence-corrected chi connectivity index (χ1v) is 14.0. The lowest BCUT2D eigenvalue weighted by Crippen LogP contribution is -2.06. The second kappa shape index (κ2) is 11.8. The number of non-ortho nitro benzene ring substituents is 1. The summed E-state index contributed by atoms with van der Waals surface area (Å²) >= 11 is 0. The molecule has 10 nitrogen and oxygen atoms in total. The van der Waals surface area contributed by atoms with Crippen LogP contribution in [0.3, 0.4) is 0 Å². The Bertz CT molecular complexity index is 1540. The third kappa shape index (κ3) is 5.43. The number of methoxy groups -OCH3 is 1. The quantitative estimate of drug-likeness (QED) is 0.0707. The molecule has 0 radical (unpaired) electrons. The van der Waals surface area contributed by atoms with Crippen molar-refractivity contribution >= 4 is 40.8 Å². The van der Waals surface area contributed by atoms with Gasteiger partial charge in [0.15, 0.2) is 0 Å². The Kier molecular flexibility index (Phi) is 8.46. The lowest BCUT2D eigenvalue weighted by atomic mass is 9.99. The van der Waals surface area contributed by atoms with Gasteiger partial charge in [0.05, 0.1) is 31.4 Å². The molecule has 0 aliphatic carbocycles. The zero-order valence-electron chi connectivity index (χ0n) is 21.5. The third-order valence-corrected chi connectivity index (χ3v) is 8.43. The van der Waals surface area contributed by atoms with Gasteiger partial charge in [0, 0.05) is 51.6 Å². The minimum Gasteiger partial charge on any atom is -0.496 e. The van der Waals surface area contributed by atoms with Crippen LogP contribution < -0.4 is 4.74 Å². The summed E-state index contributed by atoms with van der Waals surface area (Å²) in [6, 6.07) is 17.5. The van der Waals surface area contributed by atoms with Crippen molar-refractivity contribution < 1.29 is 28.5 Å². The van der Waals surface area contributed by atoms with E-state index in [0.29, 0.717) is 54.2 Å². The van der Waals surface area contributed by atoms with Gasteiger partial charge < -0.3 is 23.6 Å².